The molecule has 1 aromatic heterocycles. The summed E-state index contributed by atoms with van der Waals surface area (Å²) in [6.45, 7) is 6.33. The number of tetrazole rings is 1. The highest BCUT2D eigenvalue weighted by Crippen LogP contribution is 2.24. The van der Waals surface area contributed by atoms with Gasteiger partial charge in [-0.1, -0.05) is 31.9 Å². The molecule has 0 aliphatic heterocycles. The maximum absolute atomic E-state index is 5.96. The lowest BCUT2D eigenvalue weighted by Crippen LogP contribution is -2.09. The average Bonchev–Trinajstić information content (AvgIpc) is 2.88. The van der Waals surface area contributed by atoms with Gasteiger partial charge in [-0.25, -0.2) is 4.68 Å². The van der Waals surface area contributed by atoms with E-state index in [0.717, 1.165) is 29.1 Å². The lowest BCUT2D eigenvalue weighted by atomic mass is 10.1. The Morgan fingerprint density at radius 1 is 1.37 bits per heavy atom. The van der Waals surface area contributed by atoms with Crippen molar-refractivity contribution in [2.24, 2.45) is 0 Å². The van der Waals surface area contributed by atoms with Gasteiger partial charge in [0.1, 0.15) is 0 Å². The van der Waals surface area contributed by atoms with Gasteiger partial charge in [-0.2, -0.15) is 0 Å². The van der Waals surface area contributed by atoms with E-state index in [2.05, 4.69) is 29.4 Å². The molecule has 5 nitrogen and oxygen atoms in total. The summed E-state index contributed by atoms with van der Waals surface area (Å²) in [6.07, 6.45) is 3.44. The molecule has 5 heteroatoms. The van der Waals surface area contributed by atoms with Gasteiger partial charge in [0.15, 0.2) is 5.82 Å². The monoisotopic (exact) mass is 259 g/mol. The van der Waals surface area contributed by atoms with Gasteiger partial charge in [0.25, 0.3) is 0 Å². The van der Waals surface area contributed by atoms with Crippen molar-refractivity contribution in [3.05, 3.63) is 23.8 Å². The first-order valence-corrected chi connectivity index (χ1v) is 6.77. The molecular weight excluding hydrogens is 238 g/mol. The predicted molar refractivity (Wildman–Crippen MR) is 76.6 cm³/mol. The topological polar surface area (TPSA) is 69.6 Å². The summed E-state index contributed by atoms with van der Waals surface area (Å²) in [5, 5.41) is 12.0. The molecule has 0 aliphatic rings. The minimum atomic E-state index is 0.299. The summed E-state index contributed by atoms with van der Waals surface area (Å²) in [7, 11) is 0. The molecule has 0 radical (unpaired) electrons. The molecule has 19 heavy (non-hydrogen) atoms. The molecule has 102 valence electrons. The number of rotatable bonds is 5. The van der Waals surface area contributed by atoms with Crippen LogP contribution in [0.4, 0.5) is 5.69 Å². The molecule has 0 spiro atoms. The third-order valence-electron chi connectivity index (χ3n) is 3.42. The molecule has 2 rings (SSSR count). The van der Waals surface area contributed by atoms with Gasteiger partial charge in [0, 0.05) is 11.3 Å². The van der Waals surface area contributed by atoms with Crippen LogP contribution in [-0.4, -0.2) is 20.2 Å². The summed E-state index contributed by atoms with van der Waals surface area (Å²) in [6, 6.07) is 6.25. The van der Waals surface area contributed by atoms with Crippen molar-refractivity contribution in [1.82, 2.24) is 20.2 Å². The molecule has 0 saturated carbocycles. The first-order chi connectivity index (χ1) is 9.13. The van der Waals surface area contributed by atoms with E-state index < -0.39 is 0 Å². The van der Waals surface area contributed by atoms with Crippen molar-refractivity contribution >= 4 is 5.69 Å². The smallest absolute Gasteiger partial charge is 0.182 e. The van der Waals surface area contributed by atoms with Gasteiger partial charge in [-0.3, -0.25) is 0 Å². The minimum Gasteiger partial charge on any atom is -0.398 e. The number of hydrogen-bond donors (Lipinski definition) is 1. The second-order valence-electron chi connectivity index (χ2n) is 5.01. The van der Waals surface area contributed by atoms with Crippen LogP contribution < -0.4 is 5.73 Å². The molecule has 1 unspecified atom stereocenters. The highest BCUT2D eigenvalue weighted by molar-refractivity contribution is 5.63. The Kier molecular flexibility index (Phi) is 4.14. The van der Waals surface area contributed by atoms with Gasteiger partial charge in [0.2, 0.25) is 0 Å². The summed E-state index contributed by atoms with van der Waals surface area (Å²) >= 11 is 0. The van der Waals surface area contributed by atoms with Crippen molar-refractivity contribution < 1.29 is 0 Å². The number of aryl methyl sites for hydroxylation is 1. The molecule has 0 saturated heterocycles. The van der Waals surface area contributed by atoms with Crippen molar-refractivity contribution in [3.8, 4) is 11.4 Å². The first kappa shape index (κ1) is 13.5. The van der Waals surface area contributed by atoms with Crippen molar-refractivity contribution in [2.75, 3.05) is 5.73 Å². The Balaban J connectivity index is 2.30. The van der Waals surface area contributed by atoms with Crippen molar-refractivity contribution in [1.29, 1.82) is 0 Å². The number of nitrogen functional groups attached to an aromatic ring is 1. The Morgan fingerprint density at radius 2 is 2.16 bits per heavy atom. The van der Waals surface area contributed by atoms with Gasteiger partial charge < -0.3 is 5.73 Å². The zero-order chi connectivity index (χ0) is 13.8. The van der Waals surface area contributed by atoms with Crippen LogP contribution in [0, 0.1) is 6.92 Å². The standard InChI is InChI=1S/C14H21N5/c1-4-5-6-11(3)19-14(16-17-18-19)12-8-7-10(2)13(15)9-12/h7-9,11H,4-6,15H2,1-3H3. The number of hydrogen-bond acceptors (Lipinski definition) is 4. The molecule has 0 amide bonds. The number of unbranched alkanes of at least 4 members (excludes halogenated alkanes) is 1. The number of anilines is 1. The summed E-state index contributed by atoms with van der Waals surface area (Å²) < 4.78 is 1.89. The van der Waals surface area contributed by atoms with Crippen LogP contribution in [0.15, 0.2) is 18.2 Å². The molecule has 2 N–H and O–H groups in total. The Hall–Kier alpha value is -1.91. The zero-order valence-corrected chi connectivity index (χ0v) is 11.8. The number of aromatic nitrogens is 4. The SMILES string of the molecule is CCCCC(C)n1nnnc1-c1ccc(C)c(N)c1. The van der Waals surface area contributed by atoms with Crippen LogP contribution in [0.3, 0.4) is 0 Å². The number of nitrogens with zero attached hydrogens (tertiary/aromatic N) is 4. The molecular formula is C14H21N5. The van der Waals surface area contributed by atoms with Gasteiger partial charge in [-0.15, -0.1) is 5.10 Å². The largest absolute Gasteiger partial charge is 0.398 e. The molecule has 0 fully saturated rings. The third kappa shape index (κ3) is 2.92. The number of benzene rings is 1. The van der Waals surface area contributed by atoms with E-state index in [9.17, 15) is 0 Å². The summed E-state index contributed by atoms with van der Waals surface area (Å²) in [5.41, 5.74) is 8.77. The molecule has 1 aromatic carbocycles. The fraction of sp³-hybridized carbons (Fsp3) is 0.500. The van der Waals surface area contributed by atoms with Crippen LogP contribution in [0.2, 0.25) is 0 Å². The number of nitrogens with two attached hydrogens (primary N) is 1. The Morgan fingerprint density at radius 3 is 2.84 bits per heavy atom. The van der Waals surface area contributed by atoms with E-state index in [1.807, 2.05) is 29.8 Å². The van der Waals surface area contributed by atoms with E-state index >= 15 is 0 Å². The third-order valence-corrected chi connectivity index (χ3v) is 3.42. The molecule has 0 aliphatic carbocycles. The van der Waals surface area contributed by atoms with Crippen LogP contribution in [-0.2, 0) is 0 Å². The van der Waals surface area contributed by atoms with Crippen LogP contribution in [0.25, 0.3) is 11.4 Å². The lowest BCUT2D eigenvalue weighted by Gasteiger charge is -2.13. The van der Waals surface area contributed by atoms with Crippen LogP contribution in [0.5, 0.6) is 0 Å². The minimum absolute atomic E-state index is 0.299. The second kappa shape index (κ2) is 5.82. The summed E-state index contributed by atoms with van der Waals surface area (Å²) in [4.78, 5) is 0. The molecule has 2 aromatic rings. The van der Waals surface area contributed by atoms with Gasteiger partial charge in [0.05, 0.1) is 6.04 Å². The second-order valence-corrected chi connectivity index (χ2v) is 5.01. The Bertz CT molecular complexity index is 547. The lowest BCUT2D eigenvalue weighted by molar-refractivity contribution is 0.437. The van der Waals surface area contributed by atoms with E-state index in [1.165, 1.54) is 12.8 Å². The zero-order valence-electron chi connectivity index (χ0n) is 11.8. The van der Waals surface area contributed by atoms with Crippen LogP contribution in [0.1, 0.15) is 44.7 Å². The highest BCUT2D eigenvalue weighted by atomic mass is 15.5. The first-order valence-electron chi connectivity index (χ1n) is 6.77. The highest BCUT2D eigenvalue weighted by Gasteiger charge is 2.14. The van der Waals surface area contributed by atoms with E-state index in [1.54, 1.807) is 0 Å². The normalized spacial score (nSPS) is 12.6. The molecule has 0 bridgehead atoms. The maximum atomic E-state index is 5.96. The maximum Gasteiger partial charge on any atom is 0.182 e. The molecule has 1 atom stereocenters. The molecule has 1 heterocycles. The Labute approximate surface area is 113 Å². The fourth-order valence-electron chi connectivity index (χ4n) is 2.08. The van der Waals surface area contributed by atoms with E-state index in [4.69, 9.17) is 5.73 Å². The fourth-order valence-corrected chi connectivity index (χ4v) is 2.08. The average molecular weight is 259 g/mol. The van der Waals surface area contributed by atoms with Gasteiger partial charge in [-0.05, 0) is 42.3 Å². The van der Waals surface area contributed by atoms with Crippen molar-refractivity contribution in [3.63, 3.8) is 0 Å². The van der Waals surface area contributed by atoms with Crippen molar-refractivity contribution in [2.45, 2.75) is 46.1 Å². The van der Waals surface area contributed by atoms with E-state index in [-0.39, 0.29) is 0 Å². The van der Waals surface area contributed by atoms with Gasteiger partial charge >= 0.3 is 0 Å². The quantitative estimate of drug-likeness (QED) is 0.838. The van der Waals surface area contributed by atoms with E-state index in [0.29, 0.717) is 6.04 Å². The van der Waals surface area contributed by atoms with Crippen LogP contribution >= 0.6 is 0 Å². The predicted octanol–water partition coefficient (Wildman–Crippen LogP) is 2.98. The summed E-state index contributed by atoms with van der Waals surface area (Å²) in [5.74, 6) is 0.787.